The van der Waals surface area contributed by atoms with Crippen molar-refractivity contribution in [2.75, 3.05) is 19.8 Å². The first-order valence-corrected chi connectivity index (χ1v) is 6.88. The number of benzene rings is 1. The Hall–Kier alpha value is -1.06. The minimum atomic E-state index is 0.0455. The zero-order valence-corrected chi connectivity index (χ0v) is 10.7. The Bertz CT molecular complexity index is 415. The Kier molecular flexibility index (Phi) is 3.27. The molecule has 0 aromatic heterocycles. The molecule has 2 aliphatic heterocycles. The zero-order chi connectivity index (χ0) is 12.4. The van der Waals surface area contributed by atoms with Crippen molar-refractivity contribution in [3.63, 3.8) is 0 Å². The molecule has 0 bridgehead atoms. The van der Waals surface area contributed by atoms with Gasteiger partial charge in [0, 0.05) is 24.1 Å². The Balaban J connectivity index is 1.91. The first-order valence-electron chi connectivity index (χ1n) is 6.88. The molecule has 3 rings (SSSR count). The van der Waals surface area contributed by atoms with Crippen LogP contribution in [0.5, 0.6) is 5.75 Å². The third kappa shape index (κ3) is 2.02. The van der Waals surface area contributed by atoms with Gasteiger partial charge in [-0.1, -0.05) is 18.2 Å². The Morgan fingerprint density at radius 1 is 1.28 bits per heavy atom. The zero-order valence-electron chi connectivity index (χ0n) is 10.7. The summed E-state index contributed by atoms with van der Waals surface area (Å²) in [7, 11) is 0. The van der Waals surface area contributed by atoms with E-state index in [-0.39, 0.29) is 5.41 Å². The minimum absolute atomic E-state index is 0.0455. The lowest BCUT2D eigenvalue weighted by Gasteiger charge is -2.39. The molecule has 98 valence electrons. The minimum Gasteiger partial charge on any atom is -0.493 e. The molecule has 0 saturated carbocycles. The van der Waals surface area contributed by atoms with E-state index in [1.807, 2.05) is 6.07 Å². The van der Waals surface area contributed by atoms with Crippen LogP contribution < -0.4 is 10.5 Å². The molecule has 1 aromatic carbocycles. The van der Waals surface area contributed by atoms with Crippen LogP contribution in [0.25, 0.3) is 0 Å². The third-order valence-corrected chi connectivity index (χ3v) is 4.33. The van der Waals surface area contributed by atoms with Crippen LogP contribution >= 0.6 is 0 Å². The van der Waals surface area contributed by atoms with Crippen LogP contribution in [0.4, 0.5) is 0 Å². The summed E-state index contributed by atoms with van der Waals surface area (Å²) in [6, 6.07) is 8.32. The molecule has 0 amide bonds. The van der Waals surface area contributed by atoms with E-state index in [0.29, 0.717) is 12.6 Å². The molecule has 0 radical (unpaired) electrons. The van der Waals surface area contributed by atoms with E-state index in [2.05, 4.69) is 18.2 Å². The molecule has 2 N–H and O–H groups in total. The molecule has 0 aliphatic carbocycles. The summed E-state index contributed by atoms with van der Waals surface area (Å²) in [6.45, 7) is 2.34. The van der Waals surface area contributed by atoms with Crippen molar-refractivity contribution in [1.82, 2.24) is 0 Å². The quantitative estimate of drug-likeness (QED) is 0.891. The number of fused-ring (bicyclic) bond motifs is 1. The average Bonchev–Trinajstić information content (AvgIpc) is 2.92. The predicted octanol–water partition coefficient (Wildman–Crippen LogP) is 2.23. The maximum Gasteiger partial charge on any atom is 0.123 e. The number of rotatable bonds is 3. The van der Waals surface area contributed by atoms with E-state index in [9.17, 15) is 0 Å². The van der Waals surface area contributed by atoms with Crippen molar-refractivity contribution in [2.24, 2.45) is 5.73 Å². The van der Waals surface area contributed by atoms with Gasteiger partial charge in [0.15, 0.2) is 0 Å². The van der Waals surface area contributed by atoms with Gasteiger partial charge in [0.25, 0.3) is 0 Å². The fourth-order valence-corrected chi connectivity index (χ4v) is 3.27. The molecule has 0 spiro atoms. The molecule has 18 heavy (non-hydrogen) atoms. The molecular formula is C15H21NO2. The lowest BCUT2D eigenvalue weighted by Crippen LogP contribution is -2.42. The van der Waals surface area contributed by atoms with Crippen LogP contribution in [-0.2, 0) is 10.2 Å². The normalized spacial score (nSPS) is 30.8. The Labute approximate surface area is 108 Å². The fourth-order valence-electron chi connectivity index (χ4n) is 3.27. The van der Waals surface area contributed by atoms with E-state index in [1.54, 1.807) is 0 Å². The summed E-state index contributed by atoms with van der Waals surface area (Å²) in [5.41, 5.74) is 7.44. The monoisotopic (exact) mass is 247 g/mol. The second-order valence-electron chi connectivity index (χ2n) is 5.42. The summed E-state index contributed by atoms with van der Waals surface area (Å²) in [5.74, 6) is 1.01. The van der Waals surface area contributed by atoms with Crippen LogP contribution in [0.2, 0.25) is 0 Å². The third-order valence-electron chi connectivity index (χ3n) is 4.33. The van der Waals surface area contributed by atoms with E-state index in [1.165, 1.54) is 18.4 Å². The van der Waals surface area contributed by atoms with Gasteiger partial charge in [-0.3, -0.25) is 0 Å². The molecule has 1 saturated heterocycles. The smallest absolute Gasteiger partial charge is 0.123 e. The van der Waals surface area contributed by atoms with Gasteiger partial charge in [-0.05, 0) is 31.7 Å². The van der Waals surface area contributed by atoms with Gasteiger partial charge in [0.2, 0.25) is 0 Å². The van der Waals surface area contributed by atoms with Crippen LogP contribution in [0.1, 0.15) is 31.2 Å². The van der Waals surface area contributed by atoms with Crippen LogP contribution in [0, 0.1) is 0 Å². The molecule has 2 heterocycles. The highest BCUT2D eigenvalue weighted by atomic mass is 16.5. The average molecular weight is 247 g/mol. The molecule has 1 fully saturated rings. The fraction of sp³-hybridized carbons (Fsp3) is 0.600. The van der Waals surface area contributed by atoms with Crippen molar-refractivity contribution in [2.45, 2.75) is 37.2 Å². The SMILES string of the molecule is NCC1(CC2CCCO2)CCOc2ccccc21. The maximum atomic E-state index is 6.12. The summed E-state index contributed by atoms with van der Waals surface area (Å²) in [5, 5.41) is 0. The standard InChI is InChI=1S/C15H21NO2/c16-11-15(10-12-4-3-8-17-12)7-9-18-14-6-2-1-5-13(14)15/h1-2,5-6,12H,3-4,7-11,16H2. The number of hydrogen-bond acceptors (Lipinski definition) is 3. The topological polar surface area (TPSA) is 44.5 Å². The first-order chi connectivity index (χ1) is 8.84. The van der Waals surface area contributed by atoms with Gasteiger partial charge in [-0.25, -0.2) is 0 Å². The van der Waals surface area contributed by atoms with E-state index in [0.717, 1.165) is 31.8 Å². The highest BCUT2D eigenvalue weighted by Crippen LogP contribution is 2.42. The van der Waals surface area contributed by atoms with Crippen LogP contribution in [0.3, 0.4) is 0 Å². The second-order valence-corrected chi connectivity index (χ2v) is 5.42. The highest BCUT2D eigenvalue weighted by molar-refractivity contribution is 5.42. The van der Waals surface area contributed by atoms with Gasteiger partial charge >= 0.3 is 0 Å². The van der Waals surface area contributed by atoms with Crippen LogP contribution in [-0.4, -0.2) is 25.9 Å². The lowest BCUT2D eigenvalue weighted by molar-refractivity contribution is 0.0718. The predicted molar refractivity (Wildman–Crippen MR) is 70.9 cm³/mol. The Morgan fingerprint density at radius 2 is 2.17 bits per heavy atom. The molecule has 2 unspecified atom stereocenters. The largest absolute Gasteiger partial charge is 0.493 e. The van der Waals surface area contributed by atoms with Gasteiger partial charge in [-0.15, -0.1) is 0 Å². The molecule has 2 atom stereocenters. The summed E-state index contributed by atoms with van der Waals surface area (Å²) in [6.07, 6.45) is 4.76. The molecule has 1 aromatic rings. The van der Waals surface area contributed by atoms with Gasteiger partial charge in [-0.2, -0.15) is 0 Å². The number of nitrogens with two attached hydrogens (primary N) is 1. The number of ether oxygens (including phenoxy) is 2. The summed E-state index contributed by atoms with van der Waals surface area (Å²) in [4.78, 5) is 0. The summed E-state index contributed by atoms with van der Waals surface area (Å²) < 4.78 is 11.5. The molecular weight excluding hydrogens is 226 g/mol. The van der Waals surface area contributed by atoms with Crippen LogP contribution in [0.15, 0.2) is 24.3 Å². The molecule has 3 heteroatoms. The summed E-state index contributed by atoms with van der Waals surface area (Å²) >= 11 is 0. The van der Waals surface area contributed by atoms with Gasteiger partial charge in [0.05, 0.1) is 12.7 Å². The highest BCUT2D eigenvalue weighted by Gasteiger charge is 2.39. The molecule has 2 aliphatic rings. The first kappa shape index (κ1) is 12.0. The van der Waals surface area contributed by atoms with E-state index in [4.69, 9.17) is 15.2 Å². The maximum absolute atomic E-state index is 6.12. The number of hydrogen-bond donors (Lipinski definition) is 1. The van der Waals surface area contributed by atoms with Crippen molar-refractivity contribution >= 4 is 0 Å². The Morgan fingerprint density at radius 3 is 2.94 bits per heavy atom. The van der Waals surface area contributed by atoms with Gasteiger partial charge in [0.1, 0.15) is 5.75 Å². The van der Waals surface area contributed by atoms with E-state index >= 15 is 0 Å². The van der Waals surface area contributed by atoms with E-state index < -0.39 is 0 Å². The number of para-hydroxylation sites is 1. The van der Waals surface area contributed by atoms with Gasteiger partial charge < -0.3 is 15.2 Å². The second kappa shape index (κ2) is 4.90. The van der Waals surface area contributed by atoms with Crippen molar-refractivity contribution in [3.8, 4) is 5.75 Å². The lowest BCUT2D eigenvalue weighted by atomic mass is 9.72. The molecule has 3 nitrogen and oxygen atoms in total. The van der Waals surface area contributed by atoms with Crippen molar-refractivity contribution in [1.29, 1.82) is 0 Å². The van der Waals surface area contributed by atoms with Crippen molar-refractivity contribution in [3.05, 3.63) is 29.8 Å². The van der Waals surface area contributed by atoms with Crippen molar-refractivity contribution < 1.29 is 9.47 Å².